The first kappa shape index (κ1) is 15.6. The summed E-state index contributed by atoms with van der Waals surface area (Å²) in [4.78, 5) is 11.3. The molecule has 0 saturated carbocycles. The number of carbonyl (C=O) groups is 1. The van der Waals surface area contributed by atoms with Crippen molar-refractivity contribution in [3.8, 4) is 5.75 Å². The first-order valence-electron chi connectivity index (χ1n) is 7.10. The van der Waals surface area contributed by atoms with Gasteiger partial charge in [0.05, 0.1) is 7.11 Å². The van der Waals surface area contributed by atoms with Crippen molar-refractivity contribution < 1.29 is 22.7 Å². The van der Waals surface area contributed by atoms with Crippen LogP contribution >= 0.6 is 0 Å². The molecule has 1 saturated heterocycles. The SMILES string of the molecule is COc1c(C(N2CCC(=O)N2)C(F)(F)F)ccc2ccccc12. The quantitative estimate of drug-likeness (QED) is 0.943. The Labute approximate surface area is 130 Å². The van der Waals surface area contributed by atoms with Gasteiger partial charge in [0, 0.05) is 23.9 Å². The van der Waals surface area contributed by atoms with Crippen molar-refractivity contribution in [1.29, 1.82) is 0 Å². The summed E-state index contributed by atoms with van der Waals surface area (Å²) in [5.41, 5.74) is 2.26. The van der Waals surface area contributed by atoms with Crippen LogP contribution in [0.25, 0.3) is 10.8 Å². The van der Waals surface area contributed by atoms with Crippen LogP contribution in [0.3, 0.4) is 0 Å². The van der Waals surface area contributed by atoms with Gasteiger partial charge >= 0.3 is 6.18 Å². The molecule has 2 aromatic rings. The number of carbonyl (C=O) groups excluding carboxylic acids is 1. The number of hydrogen-bond acceptors (Lipinski definition) is 3. The van der Waals surface area contributed by atoms with E-state index in [-0.39, 0.29) is 24.3 Å². The molecule has 0 aliphatic carbocycles. The average Bonchev–Trinajstić information content (AvgIpc) is 2.91. The highest BCUT2D eigenvalue weighted by atomic mass is 19.4. The predicted molar refractivity (Wildman–Crippen MR) is 78.8 cm³/mol. The second-order valence-corrected chi connectivity index (χ2v) is 5.33. The van der Waals surface area contributed by atoms with E-state index in [0.717, 1.165) is 10.4 Å². The molecule has 0 aromatic heterocycles. The van der Waals surface area contributed by atoms with Crippen molar-refractivity contribution >= 4 is 16.7 Å². The van der Waals surface area contributed by atoms with Gasteiger partial charge in [-0.15, -0.1) is 0 Å². The van der Waals surface area contributed by atoms with Gasteiger partial charge in [0.2, 0.25) is 5.91 Å². The standard InChI is InChI=1S/C16H15F3N2O2/c1-23-14-11-5-3-2-4-10(11)6-7-12(14)15(16(17,18)19)21-9-8-13(22)20-21/h2-7,15H,8-9H2,1H3,(H,20,22). The van der Waals surface area contributed by atoms with E-state index in [9.17, 15) is 18.0 Å². The lowest BCUT2D eigenvalue weighted by Crippen LogP contribution is -2.43. The molecule has 1 heterocycles. The van der Waals surface area contributed by atoms with Crippen molar-refractivity contribution in [1.82, 2.24) is 10.4 Å². The second-order valence-electron chi connectivity index (χ2n) is 5.33. The third-order valence-electron chi connectivity index (χ3n) is 3.88. The highest BCUT2D eigenvalue weighted by molar-refractivity contribution is 5.89. The fourth-order valence-corrected chi connectivity index (χ4v) is 2.91. The Balaban J connectivity index is 2.16. The smallest absolute Gasteiger partial charge is 0.410 e. The van der Waals surface area contributed by atoms with Crippen LogP contribution in [0.15, 0.2) is 36.4 Å². The molecular weight excluding hydrogens is 309 g/mol. The van der Waals surface area contributed by atoms with Crippen molar-refractivity contribution in [3.05, 3.63) is 42.0 Å². The lowest BCUT2D eigenvalue weighted by molar-refractivity contribution is -0.191. The Morgan fingerprint density at radius 3 is 2.57 bits per heavy atom. The Hall–Kier alpha value is -2.28. The molecule has 1 unspecified atom stereocenters. The maximum atomic E-state index is 13.7. The number of fused-ring (bicyclic) bond motifs is 1. The zero-order chi connectivity index (χ0) is 16.6. The van der Waals surface area contributed by atoms with Crippen LogP contribution in [0.2, 0.25) is 0 Å². The molecule has 0 radical (unpaired) electrons. The number of nitrogens with one attached hydrogen (secondary N) is 1. The van der Waals surface area contributed by atoms with Crippen LogP contribution in [-0.2, 0) is 4.79 Å². The van der Waals surface area contributed by atoms with E-state index in [0.29, 0.717) is 5.39 Å². The largest absolute Gasteiger partial charge is 0.496 e. The zero-order valence-electron chi connectivity index (χ0n) is 12.4. The number of halogens is 3. The molecular formula is C16H15F3N2O2. The van der Waals surface area contributed by atoms with Gasteiger partial charge in [-0.05, 0) is 5.39 Å². The summed E-state index contributed by atoms with van der Waals surface area (Å²) in [5, 5.41) is 2.32. The van der Waals surface area contributed by atoms with Gasteiger partial charge in [-0.3, -0.25) is 10.2 Å². The number of benzene rings is 2. The van der Waals surface area contributed by atoms with Gasteiger partial charge in [-0.1, -0.05) is 36.4 Å². The summed E-state index contributed by atoms with van der Waals surface area (Å²) in [5.74, 6) is -0.245. The van der Waals surface area contributed by atoms with Gasteiger partial charge in [-0.2, -0.15) is 13.2 Å². The summed E-state index contributed by atoms with van der Waals surface area (Å²) < 4.78 is 46.2. The molecule has 0 spiro atoms. The summed E-state index contributed by atoms with van der Waals surface area (Å²) in [6.45, 7) is -0.00100. The first-order valence-corrected chi connectivity index (χ1v) is 7.10. The summed E-state index contributed by atoms with van der Waals surface area (Å²) in [6.07, 6.45) is -4.50. The van der Waals surface area contributed by atoms with E-state index in [1.54, 1.807) is 18.2 Å². The van der Waals surface area contributed by atoms with E-state index in [1.807, 2.05) is 12.1 Å². The molecule has 122 valence electrons. The van der Waals surface area contributed by atoms with Gasteiger partial charge < -0.3 is 4.74 Å². The maximum Gasteiger partial charge on any atom is 0.410 e. The monoisotopic (exact) mass is 324 g/mol. The van der Waals surface area contributed by atoms with Crippen LogP contribution in [-0.4, -0.2) is 30.7 Å². The van der Waals surface area contributed by atoms with Crippen LogP contribution < -0.4 is 10.2 Å². The third kappa shape index (κ3) is 2.84. The fourth-order valence-electron chi connectivity index (χ4n) is 2.91. The minimum atomic E-state index is -4.55. The van der Waals surface area contributed by atoms with E-state index < -0.39 is 18.1 Å². The Kier molecular flexibility index (Phi) is 3.89. The number of hydrogen-bond donors (Lipinski definition) is 1. The molecule has 3 rings (SSSR count). The summed E-state index contributed by atoms with van der Waals surface area (Å²) in [7, 11) is 1.35. The molecule has 23 heavy (non-hydrogen) atoms. The fraction of sp³-hybridized carbons (Fsp3) is 0.312. The zero-order valence-corrected chi connectivity index (χ0v) is 12.4. The number of hydrazine groups is 1. The molecule has 1 N–H and O–H groups in total. The molecule has 4 nitrogen and oxygen atoms in total. The highest BCUT2D eigenvalue weighted by Gasteiger charge is 2.48. The van der Waals surface area contributed by atoms with Gasteiger partial charge in [0.15, 0.2) is 6.04 Å². The third-order valence-corrected chi connectivity index (χ3v) is 3.88. The van der Waals surface area contributed by atoms with Crippen molar-refractivity contribution in [3.63, 3.8) is 0 Å². The summed E-state index contributed by atoms with van der Waals surface area (Å²) in [6, 6.07) is 8.16. The van der Waals surface area contributed by atoms with E-state index in [2.05, 4.69) is 5.43 Å². The molecule has 2 aromatic carbocycles. The minimum absolute atomic E-state index is 0.00100. The lowest BCUT2D eigenvalue weighted by atomic mass is 9.99. The molecule has 1 aliphatic heterocycles. The topological polar surface area (TPSA) is 41.6 Å². The van der Waals surface area contributed by atoms with E-state index in [4.69, 9.17) is 4.74 Å². The predicted octanol–water partition coefficient (Wildman–Crippen LogP) is 3.19. The Morgan fingerprint density at radius 2 is 1.96 bits per heavy atom. The van der Waals surface area contributed by atoms with E-state index in [1.165, 1.54) is 13.2 Å². The van der Waals surface area contributed by atoms with Gasteiger partial charge in [-0.25, -0.2) is 5.01 Å². The normalized spacial score (nSPS) is 17.3. The van der Waals surface area contributed by atoms with Crippen LogP contribution in [0.4, 0.5) is 13.2 Å². The lowest BCUT2D eigenvalue weighted by Gasteiger charge is -2.30. The Bertz CT molecular complexity index is 746. The molecule has 7 heteroatoms. The number of ether oxygens (including phenoxy) is 1. The first-order chi connectivity index (χ1) is 10.9. The van der Waals surface area contributed by atoms with Gasteiger partial charge in [0.1, 0.15) is 5.75 Å². The Morgan fingerprint density at radius 1 is 1.22 bits per heavy atom. The second kappa shape index (κ2) is 5.73. The summed E-state index contributed by atoms with van der Waals surface area (Å²) >= 11 is 0. The van der Waals surface area contributed by atoms with Crippen molar-refractivity contribution in [2.75, 3.05) is 13.7 Å². The highest BCUT2D eigenvalue weighted by Crippen LogP contribution is 2.44. The average molecular weight is 324 g/mol. The number of alkyl halides is 3. The molecule has 1 fully saturated rings. The number of nitrogens with zero attached hydrogens (tertiary/aromatic N) is 1. The number of methoxy groups -OCH3 is 1. The molecule has 1 amide bonds. The number of rotatable bonds is 3. The van der Waals surface area contributed by atoms with Crippen molar-refractivity contribution in [2.24, 2.45) is 0 Å². The molecule has 1 atom stereocenters. The van der Waals surface area contributed by atoms with E-state index >= 15 is 0 Å². The van der Waals surface area contributed by atoms with Crippen LogP contribution in [0.1, 0.15) is 18.0 Å². The maximum absolute atomic E-state index is 13.7. The van der Waals surface area contributed by atoms with Crippen LogP contribution in [0.5, 0.6) is 5.75 Å². The minimum Gasteiger partial charge on any atom is -0.496 e. The van der Waals surface area contributed by atoms with Crippen LogP contribution in [0, 0.1) is 0 Å². The number of amides is 1. The van der Waals surface area contributed by atoms with Gasteiger partial charge in [0.25, 0.3) is 0 Å². The molecule has 1 aliphatic rings. The van der Waals surface area contributed by atoms with Crippen molar-refractivity contribution in [2.45, 2.75) is 18.6 Å². The molecule has 0 bridgehead atoms.